The van der Waals surface area contributed by atoms with Gasteiger partial charge in [-0.15, -0.1) is 0 Å². The fourth-order valence-electron chi connectivity index (χ4n) is 1.30. The molecule has 96 valence electrons. The minimum atomic E-state index is -3.56. The second-order valence-corrected chi connectivity index (χ2v) is 5.31. The molecule has 0 saturated carbocycles. The van der Waals surface area contributed by atoms with E-state index < -0.39 is 15.9 Å². The number of nitrogens with zero attached hydrogens (tertiary/aromatic N) is 1. The molecule has 0 saturated heterocycles. The highest BCUT2D eigenvalue weighted by Crippen LogP contribution is 2.13. The van der Waals surface area contributed by atoms with Gasteiger partial charge in [0.2, 0.25) is 10.0 Å². The molecule has 1 heterocycles. The summed E-state index contributed by atoms with van der Waals surface area (Å²) in [5.41, 5.74) is 2.14. The summed E-state index contributed by atoms with van der Waals surface area (Å²) >= 11 is 0. The summed E-state index contributed by atoms with van der Waals surface area (Å²) < 4.78 is 27.4. The van der Waals surface area contributed by atoms with Crippen molar-refractivity contribution < 1.29 is 13.2 Å². The number of aromatic nitrogens is 1. The van der Waals surface area contributed by atoms with E-state index in [0.29, 0.717) is 13.0 Å². The molecule has 1 aromatic rings. The number of hydrogen-bond donors (Lipinski definition) is 3. The van der Waals surface area contributed by atoms with Gasteiger partial charge in [0.1, 0.15) is 10.6 Å². The van der Waals surface area contributed by atoms with Crippen molar-refractivity contribution >= 4 is 15.9 Å². The number of hydrogen-bond acceptors (Lipinski definition) is 4. The molecule has 8 heteroatoms. The molecule has 1 rings (SSSR count). The van der Waals surface area contributed by atoms with E-state index in [1.54, 1.807) is 7.05 Å². The number of nitrogen functional groups attached to an aromatic ring is 1. The van der Waals surface area contributed by atoms with Crippen LogP contribution in [0.15, 0.2) is 17.2 Å². The molecular weight excluding hydrogens is 244 g/mol. The van der Waals surface area contributed by atoms with E-state index in [2.05, 4.69) is 4.72 Å². The molecule has 0 bridgehead atoms. The van der Waals surface area contributed by atoms with E-state index in [4.69, 9.17) is 5.84 Å². The summed E-state index contributed by atoms with van der Waals surface area (Å²) in [6.45, 7) is 2.22. The molecule has 1 amide bonds. The number of hydrazine groups is 1. The Hall–Kier alpha value is -1.38. The zero-order valence-corrected chi connectivity index (χ0v) is 10.5. The Morgan fingerprint density at radius 3 is 2.71 bits per heavy atom. The smallest absolute Gasteiger partial charge is 0.281 e. The van der Waals surface area contributed by atoms with Crippen molar-refractivity contribution in [3.8, 4) is 0 Å². The fraction of sp³-hybridized carbons (Fsp3) is 0.444. The number of nitrogens with one attached hydrogen (secondary N) is 2. The molecule has 0 spiro atoms. The van der Waals surface area contributed by atoms with Gasteiger partial charge in [0.15, 0.2) is 0 Å². The molecule has 0 radical (unpaired) electrons. The first-order valence-corrected chi connectivity index (χ1v) is 6.57. The van der Waals surface area contributed by atoms with Crippen LogP contribution < -0.4 is 16.0 Å². The van der Waals surface area contributed by atoms with Crippen LogP contribution in [-0.2, 0) is 17.1 Å². The van der Waals surface area contributed by atoms with Crippen LogP contribution in [0.2, 0.25) is 0 Å². The van der Waals surface area contributed by atoms with Crippen molar-refractivity contribution in [1.29, 1.82) is 0 Å². The topological polar surface area (TPSA) is 106 Å². The van der Waals surface area contributed by atoms with Gasteiger partial charge in [0.25, 0.3) is 5.91 Å². The summed E-state index contributed by atoms with van der Waals surface area (Å²) in [5.74, 6) is 4.46. The normalized spacial score (nSPS) is 11.5. The van der Waals surface area contributed by atoms with Gasteiger partial charge in [-0.2, -0.15) is 0 Å². The van der Waals surface area contributed by atoms with Gasteiger partial charge in [-0.3, -0.25) is 10.2 Å². The van der Waals surface area contributed by atoms with E-state index in [-0.39, 0.29) is 10.6 Å². The Morgan fingerprint density at radius 1 is 1.53 bits per heavy atom. The number of amides is 1. The maximum atomic E-state index is 11.8. The average Bonchev–Trinajstić information content (AvgIpc) is 2.68. The van der Waals surface area contributed by atoms with Gasteiger partial charge in [0, 0.05) is 19.8 Å². The first-order valence-electron chi connectivity index (χ1n) is 5.09. The Kier molecular flexibility index (Phi) is 4.27. The number of rotatable bonds is 5. The van der Waals surface area contributed by atoms with Gasteiger partial charge in [0.05, 0.1) is 0 Å². The number of nitrogens with two attached hydrogens (primary N) is 1. The van der Waals surface area contributed by atoms with Gasteiger partial charge >= 0.3 is 0 Å². The van der Waals surface area contributed by atoms with E-state index in [0.717, 1.165) is 0 Å². The van der Waals surface area contributed by atoms with Crippen molar-refractivity contribution in [1.82, 2.24) is 14.7 Å². The SMILES string of the molecule is CCCNS(=O)(=O)c1cc(C(=O)NN)n(C)c1. The van der Waals surface area contributed by atoms with Crippen molar-refractivity contribution in [2.45, 2.75) is 18.2 Å². The van der Waals surface area contributed by atoms with E-state index in [9.17, 15) is 13.2 Å². The number of sulfonamides is 1. The van der Waals surface area contributed by atoms with Crippen LogP contribution in [0.1, 0.15) is 23.8 Å². The van der Waals surface area contributed by atoms with Crippen molar-refractivity contribution in [3.05, 3.63) is 18.0 Å². The average molecular weight is 260 g/mol. The maximum absolute atomic E-state index is 11.8. The predicted octanol–water partition coefficient (Wildman–Crippen LogP) is -0.683. The molecule has 17 heavy (non-hydrogen) atoms. The third-order valence-corrected chi connectivity index (χ3v) is 3.62. The minimum Gasteiger partial charge on any atom is -0.345 e. The molecule has 0 aliphatic carbocycles. The number of carbonyl (C=O) groups is 1. The third kappa shape index (κ3) is 3.05. The largest absolute Gasteiger partial charge is 0.345 e. The second-order valence-electron chi connectivity index (χ2n) is 3.54. The van der Waals surface area contributed by atoms with Gasteiger partial charge in [-0.1, -0.05) is 6.92 Å². The summed E-state index contributed by atoms with van der Waals surface area (Å²) in [7, 11) is -1.98. The fourth-order valence-corrected chi connectivity index (χ4v) is 2.50. The van der Waals surface area contributed by atoms with Crippen LogP contribution >= 0.6 is 0 Å². The molecule has 4 N–H and O–H groups in total. The van der Waals surface area contributed by atoms with Crippen LogP contribution in [0.3, 0.4) is 0 Å². The lowest BCUT2D eigenvalue weighted by Crippen LogP contribution is -2.31. The van der Waals surface area contributed by atoms with Crippen LogP contribution in [0, 0.1) is 0 Å². The Morgan fingerprint density at radius 2 is 2.18 bits per heavy atom. The van der Waals surface area contributed by atoms with E-state index >= 15 is 0 Å². The molecule has 1 aromatic heterocycles. The quantitative estimate of drug-likeness (QED) is 0.370. The highest BCUT2D eigenvalue weighted by Gasteiger charge is 2.19. The lowest BCUT2D eigenvalue weighted by molar-refractivity contribution is 0.0945. The monoisotopic (exact) mass is 260 g/mol. The zero-order chi connectivity index (χ0) is 13.1. The molecule has 0 fully saturated rings. The Balaban J connectivity index is 3.05. The second kappa shape index (κ2) is 5.30. The highest BCUT2D eigenvalue weighted by atomic mass is 32.2. The number of aryl methyl sites for hydroxylation is 1. The van der Waals surface area contributed by atoms with Crippen molar-refractivity contribution in [2.24, 2.45) is 12.9 Å². The van der Waals surface area contributed by atoms with E-state index in [1.807, 2.05) is 12.3 Å². The highest BCUT2D eigenvalue weighted by molar-refractivity contribution is 7.89. The van der Waals surface area contributed by atoms with E-state index in [1.165, 1.54) is 16.8 Å². The lowest BCUT2D eigenvalue weighted by atomic mass is 10.4. The van der Waals surface area contributed by atoms with Gasteiger partial charge in [-0.25, -0.2) is 19.0 Å². The first-order chi connectivity index (χ1) is 7.92. The predicted molar refractivity (Wildman–Crippen MR) is 62.5 cm³/mol. The summed E-state index contributed by atoms with van der Waals surface area (Å²) in [6.07, 6.45) is 2.06. The standard InChI is InChI=1S/C9H16N4O3S/c1-3-4-11-17(15,16)7-5-8(9(14)12-10)13(2)6-7/h5-6,11H,3-4,10H2,1-2H3,(H,12,14). The molecule has 0 aliphatic rings. The maximum Gasteiger partial charge on any atom is 0.281 e. The zero-order valence-electron chi connectivity index (χ0n) is 9.73. The van der Waals surface area contributed by atoms with Crippen molar-refractivity contribution in [3.63, 3.8) is 0 Å². The van der Waals surface area contributed by atoms with Crippen LogP contribution in [0.25, 0.3) is 0 Å². The lowest BCUT2D eigenvalue weighted by Gasteiger charge is -2.01. The summed E-state index contributed by atoms with van der Waals surface area (Å²) in [5, 5.41) is 0. The molecule has 0 atom stereocenters. The first kappa shape index (κ1) is 13.7. The number of carbonyl (C=O) groups excluding carboxylic acids is 1. The summed E-state index contributed by atoms with van der Waals surface area (Å²) in [6, 6.07) is 1.28. The minimum absolute atomic E-state index is 0.0482. The summed E-state index contributed by atoms with van der Waals surface area (Å²) in [4.78, 5) is 11.4. The molecule has 7 nitrogen and oxygen atoms in total. The molecular formula is C9H16N4O3S. The van der Waals surface area contributed by atoms with Gasteiger partial charge in [-0.05, 0) is 12.5 Å². The molecule has 0 aliphatic heterocycles. The van der Waals surface area contributed by atoms with Gasteiger partial charge < -0.3 is 4.57 Å². The Bertz CT molecular complexity index is 506. The molecule has 0 aromatic carbocycles. The van der Waals surface area contributed by atoms with Crippen LogP contribution in [0.5, 0.6) is 0 Å². The van der Waals surface area contributed by atoms with Crippen LogP contribution in [-0.4, -0.2) is 25.4 Å². The third-order valence-electron chi connectivity index (χ3n) is 2.20. The Labute approximate surface area is 100 Å². The van der Waals surface area contributed by atoms with Crippen LogP contribution in [0.4, 0.5) is 0 Å². The molecule has 0 unspecified atom stereocenters. The van der Waals surface area contributed by atoms with Crippen molar-refractivity contribution in [2.75, 3.05) is 6.54 Å².